The highest BCUT2D eigenvalue weighted by molar-refractivity contribution is 9.10. The maximum atomic E-state index is 13.8. The summed E-state index contributed by atoms with van der Waals surface area (Å²) in [4.78, 5) is 0. The van der Waals surface area contributed by atoms with Crippen molar-refractivity contribution >= 4 is 27.5 Å². The van der Waals surface area contributed by atoms with Crippen LogP contribution in [0.1, 0.15) is 17.2 Å². The number of halogens is 4. The molecule has 0 spiro atoms. The van der Waals surface area contributed by atoms with Gasteiger partial charge in [0.1, 0.15) is 11.6 Å². The lowest BCUT2D eigenvalue weighted by Gasteiger charge is -2.19. The Morgan fingerprint density at radius 2 is 1.79 bits per heavy atom. The molecule has 1 nitrogen and oxygen atoms in total. The third kappa shape index (κ3) is 2.96. The van der Waals surface area contributed by atoms with Gasteiger partial charge in [-0.1, -0.05) is 23.7 Å². The zero-order valence-electron chi connectivity index (χ0n) is 10.1. The average Bonchev–Trinajstić information content (AvgIpc) is 2.37. The normalized spacial score (nSPS) is 12.5. The minimum absolute atomic E-state index is 0.0108. The quantitative estimate of drug-likeness (QED) is 0.850. The van der Waals surface area contributed by atoms with Crippen LogP contribution in [0.15, 0.2) is 40.9 Å². The van der Waals surface area contributed by atoms with Crippen LogP contribution in [-0.2, 0) is 0 Å². The van der Waals surface area contributed by atoms with E-state index in [-0.39, 0.29) is 5.56 Å². The molecule has 0 fully saturated rings. The Morgan fingerprint density at radius 1 is 1.16 bits per heavy atom. The number of benzene rings is 2. The van der Waals surface area contributed by atoms with E-state index in [2.05, 4.69) is 21.2 Å². The molecule has 1 unspecified atom stereocenters. The van der Waals surface area contributed by atoms with Gasteiger partial charge in [0, 0.05) is 10.0 Å². The smallest absolute Gasteiger partial charge is 0.131 e. The lowest BCUT2D eigenvalue weighted by molar-refractivity contribution is 0.522. The zero-order valence-corrected chi connectivity index (χ0v) is 12.4. The Bertz CT molecular complexity index is 584. The van der Waals surface area contributed by atoms with Gasteiger partial charge in [-0.15, -0.1) is 0 Å². The van der Waals surface area contributed by atoms with Crippen molar-refractivity contribution in [3.05, 3.63) is 68.7 Å². The third-order valence-corrected chi connectivity index (χ3v) is 4.09. The van der Waals surface area contributed by atoms with Crippen molar-refractivity contribution in [2.45, 2.75) is 6.04 Å². The van der Waals surface area contributed by atoms with Crippen molar-refractivity contribution < 1.29 is 8.78 Å². The van der Waals surface area contributed by atoms with Gasteiger partial charge < -0.3 is 5.32 Å². The first-order chi connectivity index (χ1) is 9.04. The summed E-state index contributed by atoms with van der Waals surface area (Å²) in [6, 6.07) is 8.43. The van der Waals surface area contributed by atoms with E-state index in [1.807, 2.05) is 0 Å². The zero-order chi connectivity index (χ0) is 14.0. The molecule has 0 aliphatic rings. The van der Waals surface area contributed by atoms with E-state index in [1.54, 1.807) is 25.2 Å². The van der Waals surface area contributed by atoms with Gasteiger partial charge in [-0.2, -0.15) is 0 Å². The summed E-state index contributed by atoms with van der Waals surface area (Å²) in [6.07, 6.45) is 0. The van der Waals surface area contributed by atoms with Crippen LogP contribution in [0.2, 0.25) is 5.02 Å². The fraction of sp³-hybridized carbons (Fsp3) is 0.143. The van der Waals surface area contributed by atoms with Crippen LogP contribution in [0.5, 0.6) is 0 Å². The summed E-state index contributed by atoms with van der Waals surface area (Å²) >= 11 is 9.30. The fourth-order valence-electron chi connectivity index (χ4n) is 1.96. The van der Waals surface area contributed by atoms with Crippen molar-refractivity contribution in [1.29, 1.82) is 0 Å². The number of hydrogen-bond acceptors (Lipinski definition) is 1. The van der Waals surface area contributed by atoms with E-state index in [0.29, 0.717) is 10.6 Å². The highest BCUT2D eigenvalue weighted by atomic mass is 79.9. The van der Waals surface area contributed by atoms with E-state index in [1.165, 1.54) is 18.2 Å². The van der Waals surface area contributed by atoms with Crippen molar-refractivity contribution in [3.8, 4) is 0 Å². The maximum Gasteiger partial charge on any atom is 0.131 e. The summed E-state index contributed by atoms with van der Waals surface area (Å²) in [7, 11) is 1.65. The first kappa shape index (κ1) is 14.4. The molecule has 1 atom stereocenters. The van der Waals surface area contributed by atoms with Crippen molar-refractivity contribution in [2.24, 2.45) is 0 Å². The van der Waals surface area contributed by atoms with Gasteiger partial charge >= 0.3 is 0 Å². The van der Waals surface area contributed by atoms with Gasteiger partial charge in [0.25, 0.3) is 0 Å². The standard InChI is InChI=1S/C14H11BrClF2N/c1-19-14(8-5-6-9(15)10(16)7-8)13-11(17)3-2-4-12(13)18/h2-7,14,19H,1H3. The van der Waals surface area contributed by atoms with Gasteiger partial charge in [-0.3, -0.25) is 0 Å². The molecule has 100 valence electrons. The highest BCUT2D eigenvalue weighted by Gasteiger charge is 2.20. The number of hydrogen-bond donors (Lipinski definition) is 1. The molecule has 0 aliphatic carbocycles. The van der Waals surface area contributed by atoms with Crippen LogP contribution < -0.4 is 5.32 Å². The molecule has 0 radical (unpaired) electrons. The van der Waals surface area contributed by atoms with Gasteiger partial charge in [-0.25, -0.2) is 8.78 Å². The predicted octanol–water partition coefficient (Wildman–Crippen LogP) is 4.69. The van der Waals surface area contributed by atoms with E-state index in [4.69, 9.17) is 11.6 Å². The lowest BCUT2D eigenvalue weighted by Crippen LogP contribution is -2.20. The second-order valence-corrected chi connectivity index (χ2v) is 5.29. The van der Waals surface area contributed by atoms with Crippen LogP contribution >= 0.6 is 27.5 Å². The molecule has 1 N–H and O–H groups in total. The minimum atomic E-state index is -0.591. The molecule has 0 amide bonds. The first-order valence-corrected chi connectivity index (χ1v) is 6.77. The summed E-state index contributed by atoms with van der Waals surface area (Å²) in [5, 5.41) is 3.40. The molecule has 2 rings (SSSR count). The molecule has 0 saturated heterocycles. The second kappa shape index (κ2) is 5.99. The number of rotatable bonds is 3. The Balaban J connectivity index is 2.53. The Hall–Kier alpha value is -0.970. The average molecular weight is 347 g/mol. The second-order valence-electron chi connectivity index (χ2n) is 4.03. The molecular weight excluding hydrogens is 336 g/mol. The van der Waals surface area contributed by atoms with E-state index in [9.17, 15) is 8.78 Å². The van der Waals surface area contributed by atoms with E-state index in [0.717, 1.165) is 4.47 Å². The molecule has 0 aromatic heterocycles. The Morgan fingerprint density at radius 3 is 2.32 bits per heavy atom. The van der Waals surface area contributed by atoms with E-state index < -0.39 is 17.7 Å². The molecule has 5 heteroatoms. The summed E-state index contributed by atoms with van der Waals surface area (Å²) in [5.41, 5.74) is 0.683. The first-order valence-electron chi connectivity index (χ1n) is 5.60. The summed E-state index contributed by atoms with van der Waals surface area (Å²) in [6.45, 7) is 0. The molecule has 0 bridgehead atoms. The summed E-state index contributed by atoms with van der Waals surface area (Å²) < 4.78 is 28.4. The van der Waals surface area contributed by atoms with Gasteiger partial charge in [-0.05, 0) is 52.8 Å². The number of nitrogens with one attached hydrogen (secondary N) is 1. The lowest BCUT2D eigenvalue weighted by atomic mass is 9.98. The highest BCUT2D eigenvalue weighted by Crippen LogP contribution is 2.31. The van der Waals surface area contributed by atoms with Crippen LogP contribution in [0.3, 0.4) is 0 Å². The molecule has 0 heterocycles. The van der Waals surface area contributed by atoms with Crippen molar-refractivity contribution in [2.75, 3.05) is 7.05 Å². The minimum Gasteiger partial charge on any atom is -0.309 e. The summed E-state index contributed by atoms with van der Waals surface area (Å²) in [5.74, 6) is -1.17. The molecule has 2 aromatic rings. The van der Waals surface area contributed by atoms with E-state index >= 15 is 0 Å². The molecule has 19 heavy (non-hydrogen) atoms. The van der Waals surface area contributed by atoms with Crippen molar-refractivity contribution in [3.63, 3.8) is 0 Å². The predicted molar refractivity (Wildman–Crippen MR) is 76.4 cm³/mol. The molecule has 2 aromatic carbocycles. The van der Waals surface area contributed by atoms with Gasteiger partial charge in [0.15, 0.2) is 0 Å². The third-order valence-electron chi connectivity index (χ3n) is 2.85. The Kier molecular flexibility index (Phi) is 4.55. The van der Waals surface area contributed by atoms with Crippen LogP contribution in [0.4, 0.5) is 8.78 Å². The Labute approximate surface area is 123 Å². The molecule has 0 saturated carbocycles. The fourth-order valence-corrected chi connectivity index (χ4v) is 2.39. The van der Waals surface area contributed by atoms with Crippen molar-refractivity contribution in [1.82, 2.24) is 5.32 Å². The topological polar surface area (TPSA) is 12.0 Å². The van der Waals surface area contributed by atoms with Gasteiger partial charge in [0.05, 0.1) is 11.1 Å². The van der Waals surface area contributed by atoms with Crippen LogP contribution in [-0.4, -0.2) is 7.05 Å². The monoisotopic (exact) mass is 345 g/mol. The maximum absolute atomic E-state index is 13.8. The van der Waals surface area contributed by atoms with Gasteiger partial charge in [0.2, 0.25) is 0 Å². The van der Waals surface area contributed by atoms with Crippen LogP contribution in [0.25, 0.3) is 0 Å². The largest absolute Gasteiger partial charge is 0.309 e. The molecule has 0 aliphatic heterocycles. The van der Waals surface area contributed by atoms with Crippen LogP contribution in [0, 0.1) is 11.6 Å². The SMILES string of the molecule is CNC(c1ccc(Br)c(Cl)c1)c1c(F)cccc1F. The molecular formula is C14H11BrClF2N.